The van der Waals surface area contributed by atoms with Crippen LogP contribution in [0.25, 0.3) is 0 Å². The van der Waals surface area contributed by atoms with Crippen molar-refractivity contribution in [1.29, 1.82) is 0 Å². The van der Waals surface area contributed by atoms with Crippen LogP contribution < -0.4 is 25.8 Å². The monoisotopic (exact) mass is 399 g/mol. The fraction of sp³-hybridized carbons (Fsp3) is 0.579. The highest BCUT2D eigenvalue weighted by molar-refractivity contribution is 5.87. The van der Waals surface area contributed by atoms with E-state index in [-0.39, 0.29) is 42.1 Å². The van der Waals surface area contributed by atoms with E-state index in [0.29, 0.717) is 19.8 Å². The van der Waals surface area contributed by atoms with Crippen LogP contribution in [-0.2, 0) is 15.0 Å². The smallest absolute Gasteiger partial charge is 0.239 e. The fourth-order valence-corrected chi connectivity index (χ4v) is 2.54. The maximum Gasteiger partial charge on any atom is 0.239 e. The van der Waals surface area contributed by atoms with Gasteiger partial charge in [-0.1, -0.05) is 33.8 Å². The number of hydrogen-bond donors (Lipinski definition) is 3. The van der Waals surface area contributed by atoms with Crippen molar-refractivity contribution in [2.75, 3.05) is 26.3 Å². The number of amides is 2. The van der Waals surface area contributed by atoms with Gasteiger partial charge in [-0.3, -0.25) is 9.59 Å². The van der Waals surface area contributed by atoms with E-state index in [1.54, 1.807) is 0 Å². The Hall–Kier alpha value is -1.99. The van der Waals surface area contributed by atoms with Gasteiger partial charge in [0.2, 0.25) is 11.8 Å². The molecular weight excluding hydrogens is 370 g/mol. The number of nitrogens with one attached hydrogen (secondary N) is 2. The Morgan fingerprint density at radius 1 is 1.15 bits per heavy atom. The van der Waals surface area contributed by atoms with E-state index < -0.39 is 6.04 Å². The van der Waals surface area contributed by atoms with E-state index in [1.165, 1.54) is 0 Å². The van der Waals surface area contributed by atoms with Crippen molar-refractivity contribution in [3.05, 3.63) is 23.8 Å². The summed E-state index contributed by atoms with van der Waals surface area (Å²) in [4.78, 5) is 23.8. The number of benzene rings is 1. The van der Waals surface area contributed by atoms with Gasteiger partial charge in [-0.2, -0.15) is 0 Å². The van der Waals surface area contributed by atoms with Gasteiger partial charge in [-0.15, -0.1) is 12.4 Å². The number of fused-ring (bicyclic) bond motifs is 1. The van der Waals surface area contributed by atoms with E-state index in [4.69, 9.17) is 15.2 Å². The molecule has 27 heavy (non-hydrogen) atoms. The second kappa shape index (κ2) is 9.80. The van der Waals surface area contributed by atoms with Gasteiger partial charge in [0.15, 0.2) is 11.5 Å². The van der Waals surface area contributed by atoms with Crippen molar-refractivity contribution in [2.24, 2.45) is 11.7 Å². The molecule has 0 unspecified atom stereocenters. The molecule has 1 aliphatic rings. The van der Waals surface area contributed by atoms with Crippen molar-refractivity contribution in [1.82, 2.24) is 10.6 Å². The number of nitrogens with two attached hydrogens (primary N) is 1. The number of ether oxygens (including phenoxy) is 2. The van der Waals surface area contributed by atoms with Crippen LogP contribution in [0.5, 0.6) is 11.5 Å². The summed E-state index contributed by atoms with van der Waals surface area (Å²) in [6.07, 6.45) is 0. The topological polar surface area (TPSA) is 103 Å². The lowest BCUT2D eigenvalue weighted by atomic mass is 9.84. The lowest BCUT2D eigenvalue weighted by Gasteiger charge is -2.28. The van der Waals surface area contributed by atoms with Crippen LogP contribution in [0.2, 0.25) is 0 Å². The van der Waals surface area contributed by atoms with Gasteiger partial charge in [-0.05, 0) is 23.6 Å². The number of halogens is 1. The maximum absolute atomic E-state index is 12.0. The molecule has 2 amide bonds. The predicted octanol–water partition coefficient (Wildman–Crippen LogP) is 1.37. The maximum atomic E-state index is 12.0. The Morgan fingerprint density at radius 3 is 2.41 bits per heavy atom. The van der Waals surface area contributed by atoms with Gasteiger partial charge in [0.05, 0.1) is 12.6 Å². The van der Waals surface area contributed by atoms with Crippen molar-refractivity contribution in [2.45, 2.75) is 39.2 Å². The van der Waals surface area contributed by atoms with Crippen molar-refractivity contribution in [3.63, 3.8) is 0 Å². The quantitative estimate of drug-likeness (QED) is 0.642. The SMILES string of the molecule is CC(C)[C@H](N)C(=O)NCC(=O)NCC(C)(C)c1ccc2c(c1)OCCO2.Cl. The molecule has 0 saturated heterocycles. The molecule has 1 aromatic carbocycles. The first kappa shape index (κ1) is 23.0. The van der Waals surface area contributed by atoms with Crippen LogP contribution in [0.4, 0.5) is 0 Å². The number of rotatable bonds is 7. The number of hydrogen-bond acceptors (Lipinski definition) is 5. The molecule has 0 radical (unpaired) electrons. The highest BCUT2D eigenvalue weighted by Gasteiger charge is 2.24. The lowest BCUT2D eigenvalue weighted by molar-refractivity contribution is -0.127. The first-order valence-corrected chi connectivity index (χ1v) is 8.91. The summed E-state index contributed by atoms with van der Waals surface area (Å²) in [5.74, 6) is 0.917. The molecule has 0 aliphatic carbocycles. The molecule has 1 aliphatic heterocycles. The van der Waals surface area contributed by atoms with Gasteiger partial charge in [0, 0.05) is 12.0 Å². The number of carbonyl (C=O) groups is 2. The highest BCUT2D eigenvalue weighted by Crippen LogP contribution is 2.34. The molecule has 4 N–H and O–H groups in total. The van der Waals surface area contributed by atoms with Crippen molar-refractivity contribution in [3.8, 4) is 11.5 Å². The molecule has 1 aromatic rings. The molecule has 0 bridgehead atoms. The van der Waals surface area contributed by atoms with E-state index in [0.717, 1.165) is 17.1 Å². The van der Waals surface area contributed by atoms with Crippen molar-refractivity contribution < 1.29 is 19.1 Å². The van der Waals surface area contributed by atoms with Crippen LogP contribution >= 0.6 is 12.4 Å². The Labute approximate surface area is 166 Å². The summed E-state index contributed by atoms with van der Waals surface area (Å²) in [6, 6.07) is 5.20. The third-order valence-corrected chi connectivity index (χ3v) is 4.50. The van der Waals surface area contributed by atoms with Gasteiger partial charge < -0.3 is 25.8 Å². The zero-order valence-corrected chi connectivity index (χ0v) is 17.2. The molecule has 1 atom stereocenters. The average molecular weight is 400 g/mol. The van der Waals surface area contributed by atoms with E-state index in [2.05, 4.69) is 10.6 Å². The number of carbonyl (C=O) groups excluding carboxylic acids is 2. The zero-order valence-electron chi connectivity index (χ0n) is 16.3. The normalized spacial score (nSPS) is 14.1. The minimum absolute atomic E-state index is 0. The third kappa shape index (κ3) is 6.29. The Balaban J connectivity index is 0.00000364. The zero-order chi connectivity index (χ0) is 19.3. The highest BCUT2D eigenvalue weighted by atomic mass is 35.5. The molecule has 152 valence electrons. The third-order valence-electron chi connectivity index (χ3n) is 4.50. The summed E-state index contributed by atoms with van der Waals surface area (Å²) >= 11 is 0. The minimum Gasteiger partial charge on any atom is -0.486 e. The molecular formula is C19H30ClN3O4. The summed E-state index contributed by atoms with van der Waals surface area (Å²) in [6.45, 7) is 9.22. The molecule has 8 heteroatoms. The van der Waals surface area contributed by atoms with Gasteiger partial charge in [-0.25, -0.2) is 0 Å². The molecule has 0 aromatic heterocycles. The first-order chi connectivity index (χ1) is 12.2. The van der Waals surface area contributed by atoms with Crippen LogP contribution in [0.15, 0.2) is 18.2 Å². The molecule has 0 spiro atoms. The Bertz CT molecular complexity index is 664. The van der Waals surface area contributed by atoms with Crippen LogP contribution in [-0.4, -0.2) is 44.2 Å². The van der Waals surface area contributed by atoms with Crippen LogP contribution in [0.3, 0.4) is 0 Å². The largest absolute Gasteiger partial charge is 0.486 e. The van der Waals surface area contributed by atoms with Gasteiger partial charge >= 0.3 is 0 Å². The molecule has 2 rings (SSSR count). The second-order valence-corrected chi connectivity index (χ2v) is 7.51. The Morgan fingerprint density at radius 2 is 1.78 bits per heavy atom. The minimum atomic E-state index is -0.614. The summed E-state index contributed by atoms with van der Waals surface area (Å²) in [5.41, 5.74) is 6.49. The summed E-state index contributed by atoms with van der Waals surface area (Å²) in [7, 11) is 0. The van der Waals surface area contributed by atoms with Crippen LogP contribution in [0, 0.1) is 5.92 Å². The van der Waals surface area contributed by atoms with Gasteiger partial charge in [0.1, 0.15) is 13.2 Å². The standard InChI is InChI=1S/C19H29N3O4.ClH/c1-12(2)17(20)18(24)21-10-16(23)22-11-19(3,4)13-5-6-14-15(9-13)26-8-7-25-14;/h5-6,9,12,17H,7-8,10-11,20H2,1-4H3,(H,21,24)(H,22,23);1H/t17-;/m0./s1. The first-order valence-electron chi connectivity index (χ1n) is 8.91. The Kier molecular flexibility index (Phi) is 8.37. The van der Waals surface area contributed by atoms with Crippen LogP contribution in [0.1, 0.15) is 33.3 Å². The van der Waals surface area contributed by atoms with E-state index in [1.807, 2.05) is 45.9 Å². The average Bonchev–Trinajstić information content (AvgIpc) is 2.63. The molecule has 0 saturated carbocycles. The summed E-state index contributed by atoms with van der Waals surface area (Å²) in [5, 5.41) is 5.43. The molecule has 1 heterocycles. The summed E-state index contributed by atoms with van der Waals surface area (Å²) < 4.78 is 11.2. The lowest BCUT2D eigenvalue weighted by Crippen LogP contribution is -2.48. The fourth-order valence-electron chi connectivity index (χ4n) is 2.54. The van der Waals surface area contributed by atoms with Gasteiger partial charge in [0.25, 0.3) is 0 Å². The van der Waals surface area contributed by atoms with E-state index >= 15 is 0 Å². The molecule has 0 fully saturated rings. The molecule has 7 nitrogen and oxygen atoms in total. The van der Waals surface area contributed by atoms with E-state index in [9.17, 15) is 9.59 Å². The predicted molar refractivity (Wildman–Crippen MR) is 107 cm³/mol. The van der Waals surface area contributed by atoms with Crippen molar-refractivity contribution >= 4 is 24.2 Å². The second-order valence-electron chi connectivity index (χ2n) is 7.51.